The molecule has 0 aromatic heterocycles. The van der Waals surface area contributed by atoms with Gasteiger partial charge in [0.05, 0.1) is 6.10 Å². The van der Waals surface area contributed by atoms with E-state index in [1.165, 1.54) is 12.8 Å². The van der Waals surface area contributed by atoms with E-state index in [1.54, 1.807) is 12.1 Å². The van der Waals surface area contributed by atoms with E-state index in [2.05, 4.69) is 32.6 Å². The number of halogens is 1. The Hall–Kier alpha value is -2.91. The van der Waals surface area contributed by atoms with E-state index < -0.39 is 0 Å². The van der Waals surface area contributed by atoms with Crippen molar-refractivity contribution in [1.29, 1.82) is 0 Å². The van der Waals surface area contributed by atoms with Gasteiger partial charge in [0.15, 0.2) is 0 Å². The summed E-state index contributed by atoms with van der Waals surface area (Å²) in [5.74, 6) is 0.617. The van der Waals surface area contributed by atoms with E-state index in [1.807, 2.05) is 48.5 Å². The molecule has 1 atom stereocenters. The van der Waals surface area contributed by atoms with Gasteiger partial charge in [-0.15, -0.1) is 0 Å². The topological polar surface area (TPSA) is 18.5 Å². The third kappa shape index (κ3) is 7.85. The van der Waals surface area contributed by atoms with Crippen LogP contribution in [0.25, 0.3) is 28.0 Å². The summed E-state index contributed by atoms with van der Waals surface area (Å²) in [5, 5.41) is 2.18. The highest BCUT2D eigenvalue weighted by Gasteiger charge is 2.06. The summed E-state index contributed by atoms with van der Waals surface area (Å²) in [7, 11) is 0. The molecule has 3 aromatic carbocycles. The van der Waals surface area contributed by atoms with Crippen molar-refractivity contribution in [3.05, 3.63) is 84.7 Å². The van der Waals surface area contributed by atoms with E-state index >= 15 is 0 Å². The zero-order valence-corrected chi connectivity index (χ0v) is 20.6. The molecule has 0 aliphatic carbocycles. The molecule has 2 nitrogen and oxygen atoms in total. The fourth-order valence-corrected chi connectivity index (χ4v) is 3.94. The Balaban J connectivity index is 1.55. The molecule has 1 unspecified atom stereocenters. The van der Waals surface area contributed by atoms with Gasteiger partial charge in [0, 0.05) is 12.2 Å². The van der Waals surface area contributed by atoms with Crippen LogP contribution in [-0.2, 0) is 4.74 Å². The second-order valence-electron chi connectivity index (χ2n) is 8.78. The first-order chi connectivity index (χ1) is 16.6. The molecular formula is C31H37FO2. The molecule has 0 aliphatic rings. The maximum atomic E-state index is 14.8. The normalized spacial score (nSPS) is 12.3. The Morgan fingerprint density at radius 1 is 0.941 bits per heavy atom. The molecule has 0 bridgehead atoms. The van der Waals surface area contributed by atoms with Gasteiger partial charge in [-0.2, -0.15) is 0 Å². The molecular weight excluding hydrogens is 423 g/mol. The van der Waals surface area contributed by atoms with Crippen molar-refractivity contribution in [1.82, 2.24) is 0 Å². The summed E-state index contributed by atoms with van der Waals surface area (Å²) in [6, 6.07) is 17.6. The summed E-state index contributed by atoms with van der Waals surface area (Å²) in [6.07, 6.45) is 12.5. The van der Waals surface area contributed by atoms with Crippen LogP contribution >= 0.6 is 0 Å². The summed E-state index contributed by atoms with van der Waals surface area (Å²) in [5.41, 5.74) is 2.49. The quantitative estimate of drug-likeness (QED) is 0.176. The van der Waals surface area contributed by atoms with Crippen LogP contribution in [0.2, 0.25) is 0 Å². The maximum absolute atomic E-state index is 14.8. The van der Waals surface area contributed by atoms with Crippen molar-refractivity contribution >= 4 is 16.8 Å². The van der Waals surface area contributed by atoms with Crippen LogP contribution in [0.3, 0.4) is 0 Å². The van der Waals surface area contributed by atoms with Crippen molar-refractivity contribution in [3.8, 4) is 16.9 Å². The number of ether oxygens (including phenoxy) is 2. The lowest BCUT2D eigenvalue weighted by Gasteiger charge is -2.12. The van der Waals surface area contributed by atoms with Crippen LogP contribution in [0.4, 0.5) is 4.39 Å². The third-order valence-electron chi connectivity index (χ3n) is 5.94. The van der Waals surface area contributed by atoms with Gasteiger partial charge >= 0.3 is 0 Å². The second kappa shape index (κ2) is 13.7. The minimum absolute atomic E-state index is 0.199. The molecule has 180 valence electrons. The molecule has 0 saturated carbocycles. The number of fused-ring (bicyclic) bond motifs is 1. The minimum Gasteiger partial charge on any atom is -0.490 e. The molecule has 0 saturated heterocycles. The minimum atomic E-state index is -0.199. The van der Waals surface area contributed by atoms with Crippen molar-refractivity contribution in [2.45, 2.75) is 58.5 Å². The standard InChI is InChI=1S/C31H37FO2/c1-4-6-10-20-33-24(3)11-8-7-9-12-25-13-14-29(23-31(25)32)26-15-16-28-22-30(34-19-5-2)18-17-27(28)21-26/h5,9,12-18,21-24H,2,4,6-8,10-11,19-20H2,1,3H3. The zero-order valence-electron chi connectivity index (χ0n) is 20.6. The number of unbranched alkanes of at least 4 members (excludes halogenated alkanes) is 3. The zero-order chi connectivity index (χ0) is 24.2. The smallest absolute Gasteiger partial charge is 0.131 e. The number of rotatable bonds is 14. The van der Waals surface area contributed by atoms with Crippen molar-refractivity contribution < 1.29 is 13.9 Å². The van der Waals surface area contributed by atoms with Gasteiger partial charge < -0.3 is 9.47 Å². The SMILES string of the molecule is C=CCOc1ccc2cc(-c3ccc(C=CCCCC(C)OCCCCC)c(F)c3)ccc2c1. The average Bonchev–Trinajstić information content (AvgIpc) is 2.85. The Labute approximate surface area is 204 Å². The summed E-state index contributed by atoms with van der Waals surface area (Å²) >= 11 is 0. The van der Waals surface area contributed by atoms with Crippen molar-refractivity contribution in [2.75, 3.05) is 13.2 Å². The average molecular weight is 461 g/mol. The largest absolute Gasteiger partial charge is 0.490 e. The van der Waals surface area contributed by atoms with E-state index in [9.17, 15) is 4.39 Å². The molecule has 0 aliphatic heterocycles. The maximum Gasteiger partial charge on any atom is 0.131 e. The number of benzene rings is 3. The molecule has 3 rings (SSSR count). The van der Waals surface area contributed by atoms with E-state index in [0.29, 0.717) is 12.2 Å². The molecule has 0 spiro atoms. The van der Waals surface area contributed by atoms with E-state index in [0.717, 1.165) is 59.9 Å². The molecule has 0 heterocycles. The van der Waals surface area contributed by atoms with Crippen molar-refractivity contribution in [2.24, 2.45) is 0 Å². The van der Waals surface area contributed by atoms with E-state index in [4.69, 9.17) is 9.47 Å². The van der Waals surface area contributed by atoms with Crippen LogP contribution in [0.5, 0.6) is 5.75 Å². The predicted octanol–water partition coefficient (Wildman–Crippen LogP) is 8.99. The first kappa shape index (κ1) is 25.7. The Kier molecular flexibility index (Phi) is 10.4. The monoisotopic (exact) mass is 460 g/mol. The van der Waals surface area contributed by atoms with Crippen LogP contribution in [0, 0.1) is 5.82 Å². The van der Waals surface area contributed by atoms with Gasteiger partial charge in [0.25, 0.3) is 0 Å². The van der Waals surface area contributed by atoms with Gasteiger partial charge in [-0.25, -0.2) is 4.39 Å². The molecule has 3 heteroatoms. The van der Waals surface area contributed by atoms with Gasteiger partial charge in [-0.05, 0) is 78.8 Å². The van der Waals surface area contributed by atoms with Crippen LogP contribution in [0.1, 0.15) is 57.9 Å². The van der Waals surface area contributed by atoms with Crippen LogP contribution < -0.4 is 4.74 Å². The molecule has 0 N–H and O–H groups in total. The number of hydrogen-bond donors (Lipinski definition) is 0. The highest BCUT2D eigenvalue weighted by Crippen LogP contribution is 2.28. The van der Waals surface area contributed by atoms with Gasteiger partial charge in [-0.1, -0.05) is 74.9 Å². The van der Waals surface area contributed by atoms with Crippen LogP contribution in [0.15, 0.2) is 73.3 Å². The second-order valence-corrected chi connectivity index (χ2v) is 8.78. The highest BCUT2D eigenvalue weighted by atomic mass is 19.1. The molecule has 34 heavy (non-hydrogen) atoms. The third-order valence-corrected chi connectivity index (χ3v) is 5.94. The lowest BCUT2D eigenvalue weighted by atomic mass is 9.99. The van der Waals surface area contributed by atoms with Gasteiger partial charge in [-0.3, -0.25) is 0 Å². The van der Waals surface area contributed by atoms with Gasteiger partial charge in [0.2, 0.25) is 0 Å². The van der Waals surface area contributed by atoms with Gasteiger partial charge in [0.1, 0.15) is 18.2 Å². The highest BCUT2D eigenvalue weighted by molar-refractivity contribution is 5.88. The summed E-state index contributed by atoms with van der Waals surface area (Å²) < 4.78 is 26.2. The molecule has 0 radical (unpaired) electrons. The van der Waals surface area contributed by atoms with E-state index in [-0.39, 0.29) is 11.9 Å². The fourth-order valence-electron chi connectivity index (χ4n) is 3.94. The predicted molar refractivity (Wildman–Crippen MR) is 143 cm³/mol. The number of hydrogen-bond acceptors (Lipinski definition) is 2. The molecule has 0 amide bonds. The van der Waals surface area contributed by atoms with Crippen molar-refractivity contribution in [3.63, 3.8) is 0 Å². The Bertz CT molecular complexity index is 1090. The molecule has 0 fully saturated rings. The lowest BCUT2D eigenvalue weighted by Crippen LogP contribution is -2.08. The first-order valence-electron chi connectivity index (χ1n) is 12.5. The van der Waals surface area contributed by atoms with Crippen LogP contribution in [-0.4, -0.2) is 19.3 Å². The Morgan fingerprint density at radius 3 is 2.50 bits per heavy atom. The molecule has 3 aromatic rings. The lowest BCUT2D eigenvalue weighted by molar-refractivity contribution is 0.0566. The summed E-state index contributed by atoms with van der Waals surface area (Å²) in [6.45, 7) is 9.35. The first-order valence-corrected chi connectivity index (χ1v) is 12.5. The Morgan fingerprint density at radius 2 is 1.71 bits per heavy atom. The number of allylic oxidation sites excluding steroid dienone is 1. The summed E-state index contributed by atoms with van der Waals surface area (Å²) in [4.78, 5) is 0. The fraction of sp³-hybridized carbons (Fsp3) is 0.355.